The van der Waals surface area contributed by atoms with Crippen molar-refractivity contribution < 1.29 is 17.7 Å². The zero-order valence-corrected chi connectivity index (χ0v) is 7.84. The molecule has 84 valence electrons. The van der Waals surface area contributed by atoms with Gasteiger partial charge in [-0.2, -0.15) is 18.2 Å². The summed E-state index contributed by atoms with van der Waals surface area (Å²) in [5.74, 6) is -0.0436. The van der Waals surface area contributed by atoms with E-state index in [9.17, 15) is 13.2 Å². The highest BCUT2D eigenvalue weighted by Crippen LogP contribution is 2.23. The van der Waals surface area contributed by atoms with Gasteiger partial charge in [0.1, 0.15) is 6.42 Å². The van der Waals surface area contributed by atoms with Crippen LogP contribution in [0.3, 0.4) is 0 Å². The molecule has 1 aromatic rings. The third-order valence-electron chi connectivity index (χ3n) is 2.20. The van der Waals surface area contributed by atoms with Crippen molar-refractivity contribution in [3.63, 3.8) is 0 Å². The predicted molar refractivity (Wildman–Crippen MR) is 44.0 cm³/mol. The monoisotopic (exact) mass is 221 g/mol. The van der Waals surface area contributed by atoms with E-state index >= 15 is 0 Å². The maximum Gasteiger partial charge on any atom is 0.396 e. The molecular formula is C8H10F3N3O. The number of nitrogens with one attached hydrogen (secondary N) is 1. The molecule has 2 rings (SSSR count). The fourth-order valence-electron chi connectivity index (χ4n) is 1.56. The highest BCUT2D eigenvalue weighted by Gasteiger charge is 2.31. The van der Waals surface area contributed by atoms with Crippen LogP contribution in [0.25, 0.3) is 0 Å². The van der Waals surface area contributed by atoms with E-state index in [4.69, 9.17) is 4.52 Å². The molecule has 1 atom stereocenters. The minimum atomic E-state index is -4.29. The van der Waals surface area contributed by atoms with Crippen molar-refractivity contribution in [2.45, 2.75) is 31.5 Å². The molecule has 1 N–H and O–H groups in total. The van der Waals surface area contributed by atoms with Crippen LogP contribution in [-0.2, 0) is 6.42 Å². The Balaban J connectivity index is 2.03. The van der Waals surface area contributed by atoms with E-state index in [1.54, 1.807) is 0 Å². The second kappa shape index (κ2) is 3.80. The van der Waals surface area contributed by atoms with E-state index in [0.717, 1.165) is 19.4 Å². The van der Waals surface area contributed by atoms with Gasteiger partial charge in [0.05, 0.1) is 6.04 Å². The van der Waals surface area contributed by atoms with Gasteiger partial charge in [0, 0.05) is 0 Å². The molecule has 0 radical (unpaired) electrons. The van der Waals surface area contributed by atoms with Gasteiger partial charge in [0.25, 0.3) is 0 Å². The molecule has 1 aliphatic rings. The van der Waals surface area contributed by atoms with Gasteiger partial charge < -0.3 is 9.84 Å². The first-order valence-electron chi connectivity index (χ1n) is 4.67. The molecule has 4 nitrogen and oxygen atoms in total. The molecule has 0 saturated carbocycles. The molecule has 0 aliphatic carbocycles. The Morgan fingerprint density at radius 1 is 1.47 bits per heavy atom. The van der Waals surface area contributed by atoms with Crippen molar-refractivity contribution in [1.82, 2.24) is 15.5 Å². The first-order valence-corrected chi connectivity index (χ1v) is 4.67. The van der Waals surface area contributed by atoms with Crippen LogP contribution in [0, 0.1) is 0 Å². The van der Waals surface area contributed by atoms with Crippen molar-refractivity contribution in [1.29, 1.82) is 0 Å². The van der Waals surface area contributed by atoms with Crippen LogP contribution in [0.2, 0.25) is 0 Å². The summed E-state index contributed by atoms with van der Waals surface area (Å²) >= 11 is 0. The van der Waals surface area contributed by atoms with Crippen molar-refractivity contribution >= 4 is 0 Å². The molecule has 0 bridgehead atoms. The number of hydrogen-bond donors (Lipinski definition) is 1. The second-order valence-corrected chi connectivity index (χ2v) is 3.49. The molecule has 1 unspecified atom stereocenters. The Labute approximate surface area is 83.8 Å². The summed E-state index contributed by atoms with van der Waals surface area (Å²) in [5, 5.41) is 6.37. The summed E-state index contributed by atoms with van der Waals surface area (Å²) in [6.45, 7) is 0.835. The smallest absolute Gasteiger partial charge is 0.338 e. The fraction of sp³-hybridized carbons (Fsp3) is 0.750. The van der Waals surface area contributed by atoms with Gasteiger partial charge in [0.15, 0.2) is 5.82 Å². The minimum absolute atomic E-state index is 0.0838. The average Bonchev–Trinajstić information content (AvgIpc) is 2.68. The molecule has 15 heavy (non-hydrogen) atoms. The second-order valence-electron chi connectivity index (χ2n) is 3.49. The predicted octanol–water partition coefficient (Wildman–Crippen LogP) is 1.60. The minimum Gasteiger partial charge on any atom is -0.338 e. The maximum absolute atomic E-state index is 12.0. The van der Waals surface area contributed by atoms with Crippen LogP contribution in [-0.4, -0.2) is 22.9 Å². The molecule has 0 amide bonds. The van der Waals surface area contributed by atoms with E-state index in [2.05, 4.69) is 15.5 Å². The SMILES string of the molecule is FC(F)(F)Cc1noc(C2CCCN2)n1. The Morgan fingerprint density at radius 3 is 2.87 bits per heavy atom. The summed E-state index contributed by atoms with van der Waals surface area (Å²) in [6.07, 6.45) is -3.62. The van der Waals surface area contributed by atoms with E-state index in [0.29, 0.717) is 0 Å². The Bertz CT molecular complexity index is 330. The quantitative estimate of drug-likeness (QED) is 0.824. The van der Waals surface area contributed by atoms with Crippen molar-refractivity contribution in [2.75, 3.05) is 6.54 Å². The molecule has 2 heterocycles. The molecule has 0 spiro atoms. The van der Waals surface area contributed by atoms with E-state index < -0.39 is 12.6 Å². The normalized spacial score (nSPS) is 22.2. The van der Waals surface area contributed by atoms with Crippen molar-refractivity contribution in [2.24, 2.45) is 0 Å². The molecule has 1 aromatic heterocycles. The summed E-state index contributed by atoms with van der Waals surface area (Å²) in [7, 11) is 0. The highest BCUT2D eigenvalue weighted by molar-refractivity contribution is 4.96. The lowest BCUT2D eigenvalue weighted by atomic mass is 10.2. The van der Waals surface area contributed by atoms with Gasteiger partial charge in [-0.3, -0.25) is 0 Å². The number of hydrogen-bond acceptors (Lipinski definition) is 4. The van der Waals surface area contributed by atoms with Gasteiger partial charge in [-0.25, -0.2) is 0 Å². The number of alkyl halides is 3. The summed E-state index contributed by atoms with van der Waals surface area (Å²) in [4.78, 5) is 3.72. The zero-order chi connectivity index (χ0) is 10.9. The lowest BCUT2D eigenvalue weighted by molar-refractivity contribution is -0.128. The van der Waals surface area contributed by atoms with Gasteiger partial charge in [-0.05, 0) is 19.4 Å². The van der Waals surface area contributed by atoms with Crippen LogP contribution < -0.4 is 5.32 Å². The summed E-state index contributed by atoms with van der Waals surface area (Å²) < 4.78 is 40.7. The van der Waals surface area contributed by atoms with Crippen LogP contribution in [0.1, 0.15) is 30.6 Å². The molecular weight excluding hydrogens is 211 g/mol. The standard InChI is InChI=1S/C8H10F3N3O/c9-8(10,11)4-6-13-7(15-14-6)5-2-1-3-12-5/h5,12H,1-4H2. The number of rotatable bonds is 2. The van der Waals surface area contributed by atoms with E-state index in [1.165, 1.54) is 0 Å². The Morgan fingerprint density at radius 2 is 2.27 bits per heavy atom. The first-order chi connectivity index (χ1) is 7.04. The highest BCUT2D eigenvalue weighted by atomic mass is 19.4. The third-order valence-corrected chi connectivity index (χ3v) is 2.20. The molecule has 1 saturated heterocycles. The lowest BCUT2D eigenvalue weighted by Crippen LogP contribution is -2.14. The van der Waals surface area contributed by atoms with E-state index in [-0.39, 0.29) is 17.8 Å². The number of halogens is 3. The molecule has 1 aliphatic heterocycles. The Hall–Kier alpha value is -1.11. The van der Waals surface area contributed by atoms with Gasteiger partial charge in [0.2, 0.25) is 5.89 Å². The van der Waals surface area contributed by atoms with Gasteiger partial charge in [-0.15, -0.1) is 0 Å². The van der Waals surface area contributed by atoms with Crippen molar-refractivity contribution in [3.8, 4) is 0 Å². The first kappa shape index (κ1) is 10.4. The van der Waals surface area contributed by atoms with Crippen LogP contribution in [0.5, 0.6) is 0 Å². The van der Waals surface area contributed by atoms with Crippen LogP contribution in [0.15, 0.2) is 4.52 Å². The molecule has 0 aromatic carbocycles. The van der Waals surface area contributed by atoms with E-state index in [1.807, 2.05) is 0 Å². The number of nitrogens with zero attached hydrogens (tertiary/aromatic N) is 2. The summed E-state index contributed by atoms with van der Waals surface area (Å²) in [5.41, 5.74) is 0. The van der Waals surface area contributed by atoms with Crippen LogP contribution in [0.4, 0.5) is 13.2 Å². The fourth-order valence-corrected chi connectivity index (χ4v) is 1.56. The van der Waals surface area contributed by atoms with Gasteiger partial charge in [-0.1, -0.05) is 5.16 Å². The topological polar surface area (TPSA) is 51.0 Å². The molecule has 1 fully saturated rings. The maximum atomic E-state index is 12.0. The Kier molecular flexibility index (Phi) is 2.64. The largest absolute Gasteiger partial charge is 0.396 e. The van der Waals surface area contributed by atoms with Gasteiger partial charge >= 0.3 is 6.18 Å². The lowest BCUT2D eigenvalue weighted by Gasteiger charge is -2.02. The average molecular weight is 221 g/mol. The molecule has 7 heteroatoms. The summed E-state index contributed by atoms with van der Waals surface area (Å²) in [6, 6.07) is -0.0838. The zero-order valence-electron chi connectivity index (χ0n) is 7.84. The van der Waals surface area contributed by atoms with Crippen LogP contribution >= 0.6 is 0 Å². The van der Waals surface area contributed by atoms with Crippen molar-refractivity contribution in [3.05, 3.63) is 11.7 Å². The third kappa shape index (κ3) is 2.68. The number of aromatic nitrogens is 2.